The van der Waals surface area contributed by atoms with E-state index in [4.69, 9.17) is 0 Å². The fourth-order valence-corrected chi connectivity index (χ4v) is 12.0. The highest BCUT2D eigenvalue weighted by molar-refractivity contribution is 5.95. The Bertz CT molecular complexity index is 3530. The van der Waals surface area contributed by atoms with Gasteiger partial charge in [-0.25, -0.2) is 0 Å². The molecular weight excluding hydrogens is 831 g/mol. The zero-order valence-electron chi connectivity index (χ0n) is 38.1. The highest BCUT2D eigenvalue weighted by atomic mass is 15.1. The normalized spacial score (nSPS) is 13.4. The summed E-state index contributed by atoms with van der Waals surface area (Å²) in [6.07, 6.45) is 0. The number of benzene rings is 11. The van der Waals surface area contributed by atoms with Crippen molar-refractivity contribution in [2.75, 3.05) is 4.90 Å². The van der Waals surface area contributed by atoms with Crippen LogP contribution in [0.15, 0.2) is 285 Å². The van der Waals surface area contributed by atoms with Gasteiger partial charge in [-0.15, -0.1) is 0 Å². The van der Waals surface area contributed by atoms with E-state index in [0.29, 0.717) is 0 Å². The Labute approximate surface area is 404 Å². The summed E-state index contributed by atoms with van der Waals surface area (Å²) in [6, 6.07) is 105. The molecule has 2 aliphatic carbocycles. The zero-order valence-corrected chi connectivity index (χ0v) is 38.1. The minimum absolute atomic E-state index is 0.499. The maximum Gasteiger partial charge on any atom is 0.0734 e. The quantitative estimate of drug-likeness (QED) is 0.140. The van der Waals surface area contributed by atoms with E-state index in [2.05, 4.69) is 290 Å². The van der Waals surface area contributed by atoms with Gasteiger partial charge in [0.15, 0.2) is 0 Å². The lowest BCUT2D eigenvalue weighted by atomic mass is 9.67. The Balaban J connectivity index is 1.03. The van der Waals surface area contributed by atoms with Crippen LogP contribution in [-0.2, 0) is 10.8 Å². The minimum Gasteiger partial charge on any atom is -0.310 e. The lowest BCUT2D eigenvalue weighted by Crippen LogP contribution is -2.30. The van der Waals surface area contributed by atoms with Gasteiger partial charge in [0.1, 0.15) is 0 Å². The number of hydrogen-bond acceptors (Lipinski definition) is 1. The molecule has 0 bridgehead atoms. The molecule has 0 saturated heterocycles. The Morgan fingerprint density at radius 2 is 0.536 bits per heavy atom. The predicted octanol–water partition coefficient (Wildman–Crippen LogP) is 17.2. The van der Waals surface area contributed by atoms with Crippen LogP contribution >= 0.6 is 0 Å². The number of hydrogen-bond donors (Lipinski definition) is 0. The molecule has 0 heterocycles. The molecule has 1 nitrogen and oxygen atoms in total. The van der Waals surface area contributed by atoms with E-state index in [9.17, 15) is 0 Å². The molecule has 0 spiro atoms. The third-order valence-corrected chi connectivity index (χ3v) is 14.9. The Morgan fingerprint density at radius 3 is 1.01 bits per heavy atom. The maximum atomic E-state index is 2.50. The van der Waals surface area contributed by atoms with E-state index >= 15 is 0 Å². The molecule has 13 rings (SSSR count). The van der Waals surface area contributed by atoms with Gasteiger partial charge in [-0.1, -0.05) is 255 Å². The average Bonchev–Trinajstić information content (AvgIpc) is 3.92. The van der Waals surface area contributed by atoms with E-state index in [1.54, 1.807) is 0 Å². The molecule has 324 valence electrons. The van der Waals surface area contributed by atoms with Gasteiger partial charge < -0.3 is 4.90 Å². The van der Waals surface area contributed by atoms with Crippen LogP contribution < -0.4 is 4.90 Å². The smallest absolute Gasteiger partial charge is 0.0734 e. The van der Waals surface area contributed by atoms with Gasteiger partial charge in [-0.05, 0) is 114 Å². The molecule has 0 radical (unpaired) electrons. The summed E-state index contributed by atoms with van der Waals surface area (Å²) in [4.78, 5) is 2.50. The topological polar surface area (TPSA) is 3.24 Å². The van der Waals surface area contributed by atoms with E-state index < -0.39 is 10.8 Å². The van der Waals surface area contributed by atoms with Crippen LogP contribution in [0.25, 0.3) is 44.5 Å². The molecule has 0 aliphatic heterocycles. The third kappa shape index (κ3) is 6.24. The lowest BCUT2D eigenvalue weighted by molar-refractivity contribution is 0.766. The molecular formula is C68H47N. The highest BCUT2D eigenvalue weighted by Gasteiger charge is 2.49. The van der Waals surface area contributed by atoms with Crippen LogP contribution in [0, 0.1) is 0 Å². The van der Waals surface area contributed by atoms with Crippen molar-refractivity contribution in [1.82, 2.24) is 0 Å². The largest absolute Gasteiger partial charge is 0.310 e. The number of nitrogens with zero attached hydrogens (tertiary/aromatic N) is 1. The molecule has 0 atom stereocenters. The first-order valence-corrected chi connectivity index (χ1v) is 24.0. The van der Waals surface area contributed by atoms with Crippen molar-refractivity contribution in [2.45, 2.75) is 10.8 Å². The van der Waals surface area contributed by atoms with Crippen LogP contribution in [0.2, 0.25) is 0 Å². The monoisotopic (exact) mass is 877 g/mol. The van der Waals surface area contributed by atoms with E-state index in [-0.39, 0.29) is 0 Å². The first-order valence-electron chi connectivity index (χ1n) is 24.0. The van der Waals surface area contributed by atoms with E-state index in [1.807, 2.05) is 0 Å². The van der Waals surface area contributed by atoms with Crippen molar-refractivity contribution in [1.29, 1.82) is 0 Å². The molecule has 69 heavy (non-hydrogen) atoms. The predicted molar refractivity (Wildman–Crippen MR) is 287 cm³/mol. The fraction of sp³-hybridized carbons (Fsp3) is 0.0294. The van der Waals surface area contributed by atoms with Crippen molar-refractivity contribution >= 4 is 17.1 Å². The highest BCUT2D eigenvalue weighted by Crippen LogP contribution is 2.61. The summed E-state index contributed by atoms with van der Waals surface area (Å²) in [5.41, 5.74) is 22.2. The summed E-state index contributed by atoms with van der Waals surface area (Å²) in [7, 11) is 0. The summed E-state index contributed by atoms with van der Waals surface area (Å²) < 4.78 is 0. The van der Waals surface area contributed by atoms with Crippen molar-refractivity contribution < 1.29 is 0 Å². The second-order valence-corrected chi connectivity index (χ2v) is 18.3. The first-order chi connectivity index (χ1) is 34.2. The van der Waals surface area contributed by atoms with Gasteiger partial charge in [0.2, 0.25) is 0 Å². The van der Waals surface area contributed by atoms with Crippen LogP contribution in [0.3, 0.4) is 0 Å². The average molecular weight is 878 g/mol. The number of fused-ring (bicyclic) bond motifs is 6. The second-order valence-electron chi connectivity index (χ2n) is 18.3. The van der Waals surface area contributed by atoms with Gasteiger partial charge >= 0.3 is 0 Å². The number of rotatable bonds is 9. The number of anilines is 3. The van der Waals surface area contributed by atoms with Crippen LogP contribution in [0.4, 0.5) is 17.1 Å². The van der Waals surface area contributed by atoms with Crippen LogP contribution in [0.1, 0.15) is 44.5 Å². The van der Waals surface area contributed by atoms with Crippen molar-refractivity contribution in [3.63, 3.8) is 0 Å². The molecule has 0 unspecified atom stereocenters. The van der Waals surface area contributed by atoms with Gasteiger partial charge in [-0.2, -0.15) is 0 Å². The summed E-state index contributed by atoms with van der Waals surface area (Å²) in [6.45, 7) is 0. The van der Waals surface area contributed by atoms with Gasteiger partial charge in [-0.3, -0.25) is 0 Å². The first kappa shape index (κ1) is 40.5. The SMILES string of the molecule is c1ccc(-c2ccc(-c3ccc(N(c4ccc(C5(c6ccccc6)c6ccccc6-c6ccccc65)cc4)c4cccc5c4C(c4ccccc4)(c4ccccc4)c4ccccc4-5)cc3)cc2)cc1. The van der Waals surface area contributed by atoms with Crippen molar-refractivity contribution in [2.24, 2.45) is 0 Å². The van der Waals surface area contributed by atoms with Crippen molar-refractivity contribution in [3.8, 4) is 44.5 Å². The fourth-order valence-electron chi connectivity index (χ4n) is 12.0. The van der Waals surface area contributed by atoms with Gasteiger partial charge in [0.25, 0.3) is 0 Å². The standard InChI is InChI=1S/C68H47N/c1-5-20-48(21-6-1)49-36-38-50(39-37-49)51-40-44-56(45-41-51)69(57-46-42-55(43-47-57)67(52-22-7-2-8-23-52)62-32-16-13-28-58(62)59-29-14-17-33-63(59)67)65-35-19-31-61-60-30-15-18-34-64(60)68(66(61)65,53-24-9-3-10-25-53)54-26-11-4-12-27-54/h1-47H. The molecule has 11 aromatic carbocycles. The molecule has 2 aliphatic rings. The third-order valence-electron chi connectivity index (χ3n) is 14.9. The Kier molecular flexibility index (Phi) is 9.70. The summed E-state index contributed by atoms with van der Waals surface area (Å²) in [5, 5.41) is 0. The Morgan fingerprint density at radius 1 is 0.217 bits per heavy atom. The van der Waals surface area contributed by atoms with Crippen LogP contribution in [-0.4, -0.2) is 0 Å². The van der Waals surface area contributed by atoms with Gasteiger partial charge in [0.05, 0.1) is 16.5 Å². The molecule has 0 fully saturated rings. The van der Waals surface area contributed by atoms with Crippen molar-refractivity contribution in [3.05, 3.63) is 330 Å². The van der Waals surface area contributed by atoms with E-state index in [1.165, 1.54) is 89.0 Å². The lowest BCUT2D eigenvalue weighted by Gasteiger charge is -2.38. The summed E-state index contributed by atoms with van der Waals surface area (Å²) in [5.74, 6) is 0. The van der Waals surface area contributed by atoms with Gasteiger partial charge in [0, 0.05) is 16.9 Å². The molecule has 1 heteroatoms. The zero-order chi connectivity index (χ0) is 45.8. The molecule has 0 saturated carbocycles. The maximum absolute atomic E-state index is 2.50. The molecule has 0 aromatic heterocycles. The molecule has 0 N–H and O–H groups in total. The molecule has 11 aromatic rings. The second kappa shape index (κ2) is 16.5. The summed E-state index contributed by atoms with van der Waals surface area (Å²) >= 11 is 0. The minimum atomic E-state index is -0.599. The Hall–Kier alpha value is -8.78. The van der Waals surface area contributed by atoms with Crippen LogP contribution in [0.5, 0.6) is 0 Å². The molecule has 0 amide bonds. The van der Waals surface area contributed by atoms with E-state index in [0.717, 1.165) is 17.1 Å².